The van der Waals surface area contributed by atoms with Crippen LogP contribution in [0.3, 0.4) is 0 Å². The van der Waals surface area contributed by atoms with Gasteiger partial charge in [-0.2, -0.15) is 0 Å². The second kappa shape index (κ2) is 7.14. The van der Waals surface area contributed by atoms with Gasteiger partial charge in [0.15, 0.2) is 5.60 Å². The molecule has 0 aromatic carbocycles. The zero-order valence-corrected chi connectivity index (χ0v) is 10.7. The van der Waals surface area contributed by atoms with Crippen LogP contribution in [0.2, 0.25) is 0 Å². The number of hydrogen-bond donors (Lipinski definition) is 4. The van der Waals surface area contributed by atoms with Gasteiger partial charge in [-0.3, -0.25) is 9.59 Å². The number of carboxylic acid groups (broad SMARTS) is 3. The van der Waals surface area contributed by atoms with Crippen molar-refractivity contribution in [3.05, 3.63) is 11.6 Å². The standard InChI is InChI=1S/C11H12O10/c1-5(2-6(12)13)9(17)21-8(16)4-11(20,10(18)19)3-7(14)15/h2,20H,3-4H2,1H3,(H,12,13)(H,14,15)(H,18,19)/b5-2-. The number of carbonyl (C=O) groups excluding carboxylic acids is 2. The summed E-state index contributed by atoms with van der Waals surface area (Å²) in [5, 5.41) is 35.1. The Hall–Kier alpha value is -2.75. The lowest BCUT2D eigenvalue weighted by atomic mass is 9.96. The zero-order chi connectivity index (χ0) is 16.8. The van der Waals surface area contributed by atoms with Crippen molar-refractivity contribution in [2.24, 2.45) is 0 Å². The molecule has 0 aliphatic heterocycles. The Bertz CT molecular complexity index is 517. The summed E-state index contributed by atoms with van der Waals surface area (Å²) < 4.78 is 4.11. The van der Waals surface area contributed by atoms with Crippen LogP contribution in [0.5, 0.6) is 0 Å². The van der Waals surface area contributed by atoms with Gasteiger partial charge in [0.1, 0.15) is 0 Å². The molecule has 0 saturated carbocycles. The molecule has 10 heteroatoms. The number of hydrogen-bond acceptors (Lipinski definition) is 7. The summed E-state index contributed by atoms with van der Waals surface area (Å²) in [5.74, 6) is -7.99. The van der Waals surface area contributed by atoms with E-state index in [1.165, 1.54) is 0 Å². The van der Waals surface area contributed by atoms with Crippen molar-refractivity contribution in [3.8, 4) is 0 Å². The fourth-order valence-electron chi connectivity index (χ4n) is 1.17. The molecule has 1 atom stereocenters. The Morgan fingerprint density at radius 1 is 1.05 bits per heavy atom. The molecule has 0 fully saturated rings. The van der Waals surface area contributed by atoms with Crippen LogP contribution in [0.15, 0.2) is 11.6 Å². The number of carboxylic acids is 3. The second-order valence-electron chi connectivity index (χ2n) is 4.01. The Morgan fingerprint density at radius 3 is 1.95 bits per heavy atom. The SMILES string of the molecule is C/C(=C/C(=O)O)C(=O)OC(=O)CC(O)(CC(=O)O)C(=O)O. The number of esters is 2. The van der Waals surface area contributed by atoms with Gasteiger partial charge in [-0.05, 0) is 6.92 Å². The molecule has 0 aromatic heterocycles. The van der Waals surface area contributed by atoms with Crippen LogP contribution in [0.4, 0.5) is 0 Å². The third-order valence-electron chi connectivity index (χ3n) is 2.15. The van der Waals surface area contributed by atoms with E-state index in [4.69, 9.17) is 15.3 Å². The normalized spacial score (nSPS) is 13.9. The van der Waals surface area contributed by atoms with Gasteiger partial charge in [0.2, 0.25) is 0 Å². The molecule has 0 spiro atoms. The van der Waals surface area contributed by atoms with Crippen LogP contribution >= 0.6 is 0 Å². The maximum absolute atomic E-state index is 11.3. The lowest BCUT2D eigenvalue weighted by Gasteiger charge is -2.19. The predicted octanol–water partition coefficient (Wildman–Crippen LogP) is -1.23. The topological polar surface area (TPSA) is 175 Å². The maximum Gasteiger partial charge on any atom is 0.341 e. The van der Waals surface area contributed by atoms with Crippen molar-refractivity contribution in [3.63, 3.8) is 0 Å². The number of rotatable bonds is 7. The molecule has 4 N–H and O–H groups in total. The van der Waals surface area contributed by atoms with E-state index in [0.29, 0.717) is 6.08 Å². The van der Waals surface area contributed by atoms with Crippen molar-refractivity contribution in [2.45, 2.75) is 25.4 Å². The number of ether oxygens (including phenoxy) is 1. The molecule has 21 heavy (non-hydrogen) atoms. The first kappa shape index (κ1) is 18.2. The lowest BCUT2D eigenvalue weighted by Crippen LogP contribution is -2.43. The van der Waals surface area contributed by atoms with Crippen LogP contribution in [-0.2, 0) is 28.7 Å². The van der Waals surface area contributed by atoms with E-state index < -0.39 is 53.9 Å². The largest absolute Gasteiger partial charge is 0.481 e. The molecule has 0 radical (unpaired) electrons. The van der Waals surface area contributed by atoms with E-state index in [2.05, 4.69) is 4.74 Å². The summed E-state index contributed by atoms with van der Waals surface area (Å²) in [4.78, 5) is 54.0. The minimum absolute atomic E-state index is 0.451. The van der Waals surface area contributed by atoms with Gasteiger partial charge in [0.25, 0.3) is 0 Å². The molecule has 0 amide bonds. The summed E-state index contributed by atoms with van der Waals surface area (Å²) in [6.07, 6.45) is -2.12. The molecule has 10 nitrogen and oxygen atoms in total. The molecule has 0 saturated heterocycles. The molecule has 0 heterocycles. The van der Waals surface area contributed by atoms with Gasteiger partial charge in [0, 0.05) is 11.6 Å². The molecule has 0 rings (SSSR count). The van der Waals surface area contributed by atoms with Gasteiger partial charge in [-0.1, -0.05) is 0 Å². The average Bonchev–Trinajstić information content (AvgIpc) is 2.25. The lowest BCUT2D eigenvalue weighted by molar-refractivity contribution is -0.173. The molecule has 0 aliphatic carbocycles. The van der Waals surface area contributed by atoms with E-state index in [9.17, 15) is 29.1 Å². The highest BCUT2D eigenvalue weighted by molar-refractivity contribution is 6.00. The number of aliphatic carboxylic acids is 3. The highest BCUT2D eigenvalue weighted by Crippen LogP contribution is 2.17. The van der Waals surface area contributed by atoms with Crippen molar-refractivity contribution >= 4 is 29.8 Å². The van der Waals surface area contributed by atoms with Crippen LogP contribution in [0.25, 0.3) is 0 Å². The third kappa shape index (κ3) is 6.29. The Kier molecular flexibility index (Phi) is 6.21. The summed E-state index contributed by atoms with van der Waals surface area (Å²) in [6, 6.07) is 0. The van der Waals surface area contributed by atoms with Crippen molar-refractivity contribution in [1.29, 1.82) is 0 Å². The van der Waals surface area contributed by atoms with Crippen LogP contribution in [0, 0.1) is 0 Å². The molecular formula is C11H12O10. The summed E-state index contributed by atoms with van der Waals surface area (Å²) in [5.41, 5.74) is -3.39. The van der Waals surface area contributed by atoms with Crippen LogP contribution in [0.1, 0.15) is 19.8 Å². The maximum atomic E-state index is 11.3. The van der Waals surface area contributed by atoms with Gasteiger partial charge >= 0.3 is 29.8 Å². The minimum Gasteiger partial charge on any atom is -0.481 e. The van der Waals surface area contributed by atoms with E-state index in [1.54, 1.807) is 0 Å². The first-order chi connectivity index (χ1) is 9.47. The third-order valence-corrected chi connectivity index (χ3v) is 2.15. The Labute approximate surface area is 117 Å². The first-order valence-electron chi connectivity index (χ1n) is 5.31. The van der Waals surface area contributed by atoms with Gasteiger partial charge < -0.3 is 25.2 Å². The summed E-state index contributed by atoms with van der Waals surface area (Å²) in [7, 11) is 0. The Balaban J connectivity index is 4.88. The van der Waals surface area contributed by atoms with Crippen LogP contribution < -0.4 is 0 Å². The molecule has 116 valence electrons. The molecule has 1 unspecified atom stereocenters. The Morgan fingerprint density at radius 2 is 1.57 bits per heavy atom. The average molecular weight is 304 g/mol. The van der Waals surface area contributed by atoms with Gasteiger partial charge in [0.05, 0.1) is 12.8 Å². The monoisotopic (exact) mass is 304 g/mol. The van der Waals surface area contributed by atoms with Crippen molar-refractivity contribution in [2.75, 3.05) is 0 Å². The van der Waals surface area contributed by atoms with Crippen LogP contribution in [-0.4, -0.2) is 55.9 Å². The van der Waals surface area contributed by atoms with Crippen molar-refractivity contribution in [1.82, 2.24) is 0 Å². The van der Waals surface area contributed by atoms with E-state index >= 15 is 0 Å². The summed E-state index contributed by atoms with van der Waals surface area (Å²) >= 11 is 0. The second-order valence-corrected chi connectivity index (χ2v) is 4.01. The van der Waals surface area contributed by atoms with E-state index in [1.807, 2.05) is 0 Å². The molecule has 0 aliphatic rings. The minimum atomic E-state index is -2.94. The molecular weight excluding hydrogens is 292 g/mol. The van der Waals surface area contributed by atoms with Gasteiger partial charge in [-0.15, -0.1) is 0 Å². The first-order valence-corrected chi connectivity index (χ1v) is 5.31. The van der Waals surface area contributed by atoms with Crippen molar-refractivity contribution < 1.29 is 49.1 Å². The number of carbonyl (C=O) groups is 5. The molecule has 0 aromatic rings. The fraction of sp³-hybridized carbons (Fsp3) is 0.364. The fourth-order valence-corrected chi connectivity index (χ4v) is 1.17. The quantitative estimate of drug-likeness (QED) is 0.253. The highest BCUT2D eigenvalue weighted by atomic mass is 16.6. The van der Waals surface area contributed by atoms with E-state index in [-0.39, 0.29) is 0 Å². The summed E-state index contributed by atoms with van der Waals surface area (Å²) in [6.45, 7) is 1.03. The van der Waals surface area contributed by atoms with E-state index in [0.717, 1.165) is 6.92 Å². The smallest absolute Gasteiger partial charge is 0.341 e. The zero-order valence-electron chi connectivity index (χ0n) is 10.7. The van der Waals surface area contributed by atoms with Gasteiger partial charge in [-0.25, -0.2) is 14.4 Å². The highest BCUT2D eigenvalue weighted by Gasteiger charge is 2.41. The predicted molar refractivity (Wildman–Crippen MR) is 61.9 cm³/mol. The molecule has 0 bridgehead atoms. The number of aliphatic hydroxyl groups is 1.